The third-order valence-electron chi connectivity index (χ3n) is 4.91. The summed E-state index contributed by atoms with van der Waals surface area (Å²) in [5.41, 5.74) is -0.0644. The number of carbonyl (C=O) groups excluding carboxylic acids is 1. The van der Waals surface area contributed by atoms with Crippen molar-refractivity contribution in [3.8, 4) is 0 Å². The van der Waals surface area contributed by atoms with Crippen LogP contribution in [0.2, 0.25) is 0 Å². The lowest BCUT2D eigenvalue weighted by atomic mass is 10.2. The van der Waals surface area contributed by atoms with Crippen LogP contribution in [0.3, 0.4) is 0 Å². The summed E-state index contributed by atoms with van der Waals surface area (Å²) in [6, 6.07) is 11.3. The molecule has 1 saturated heterocycles. The first-order chi connectivity index (χ1) is 15.1. The SMILES string of the molecule is O=C(CCNS(=O)(=O)/C=C/c1ccccc1)N1CCN(c2ccc(C(F)(F)F)cn2)CC1. The molecular weight excluding hydrogens is 445 g/mol. The quantitative estimate of drug-likeness (QED) is 0.676. The molecule has 0 radical (unpaired) electrons. The van der Waals surface area contributed by atoms with Crippen LogP contribution in [-0.2, 0) is 21.0 Å². The van der Waals surface area contributed by atoms with Gasteiger partial charge >= 0.3 is 6.18 Å². The van der Waals surface area contributed by atoms with E-state index < -0.39 is 21.8 Å². The highest BCUT2D eigenvalue weighted by Gasteiger charge is 2.31. The number of halogens is 3. The Morgan fingerprint density at radius 1 is 1.06 bits per heavy atom. The number of alkyl halides is 3. The minimum absolute atomic E-state index is 0.0108. The number of hydrogen-bond donors (Lipinski definition) is 1. The van der Waals surface area contributed by atoms with E-state index in [1.807, 2.05) is 6.07 Å². The van der Waals surface area contributed by atoms with Gasteiger partial charge in [0.25, 0.3) is 0 Å². The van der Waals surface area contributed by atoms with Gasteiger partial charge in [0.05, 0.1) is 5.56 Å². The fraction of sp³-hybridized carbons (Fsp3) is 0.333. The topological polar surface area (TPSA) is 82.6 Å². The van der Waals surface area contributed by atoms with Gasteiger partial charge in [-0.25, -0.2) is 18.1 Å². The number of nitrogens with one attached hydrogen (secondary N) is 1. The highest BCUT2D eigenvalue weighted by Crippen LogP contribution is 2.29. The molecule has 1 aromatic heterocycles. The molecule has 0 saturated carbocycles. The molecule has 0 unspecified atom stereocenters. The van der Waals surface area contributed by atoms with Crippen LogP contribution in [-0.4, -0.2) is 56.9 Å². The van der Waals surface area contributed by atoms with Gasteiger partial charge in [-0.2, -0.15) is 13.2 Å². The molecule has 2 aromatic rings. The van der Waals surface area contributed by atoms with Gasteiger partial charge in [-0.05, 0) is 23.8 Å². The molecule has 0 atom stereocenters. The smallest absolute Gasteiger partial charge is 0.353 e. The molecule has 3 rings (SSSR count). The Morgan fingerprint density at radius 3 is 2.34 bits per heavy atom. The molecule has 1 aliphatic heterocycles. The Kier molecular flexibility index (Phi) is 7.52. The van der Waals surface area contributed by atoms with Crippen molar-refractivity contribution in [1.29, 1.82) is 0 Å². The normalized spacial score (nSPS) is 15.3. The Labute approximate surface area is 184 Å². The highest BCUT2D eigenvalue weighted by atomic mass is 32.2. The Morgan fingerprint density at radius 2 is 1.75 bits per heavy atom. The van der Waals surface area contributed by atoms with E-state index in [2.05, 4.69) is 9.71 Å². The van der Waals surface area contributed by atoms with Crippen molar-refractivity contribution in [1.82, 2.24) is 14.6 Å². The summed E-state index contributed by atoms with van der Waals surface area (Å²) in [4.78, 5) is 19.7. The van der Waals surface area contributed by atoms with Crippen molar-refractivity contribution in [2.75, 3.05) is 37.6 Å². The third kappa shape index (κ3) is 6.79. The Balaban J connectivity index is 1.43. The number of nitrogens with zero attached hydrogens (tertiary/aromatic N) is 3. The minimum Gasteiger partial charge on any atom is -0.353 e. The molecule has 172 valence electrons. The fourth-order valence-corrected chi connectivity index (χ4v) is 3.98. The van der Waals surface area contributed by atoms with E-state index >= 15 is 0 Å². The molecule has 11 heteroatoms. The van der Waals surface area contributed by atoms with E-state index in [9.17, 15) is 26.4 Å². The molecule has 1 fully saturated rings. The summed E-state index contributed by atoms with van der Waals surface area (Å²) >= 11 is 0. The molecule has 1 amide bonds. The van der Waals surface area contributed by atoms with Gasteiger partial charge in [0.1, 0.15) is 5.82 Å². The van der Waals surface area contributed by atoms with Crippen molar-refractivity contribution in [3.63, 3.8) is 0 Å². The van der Waals surface area contributed by atoms with Crippen LogP contribution in [0.5, 0.6) is 0 Å². The number of anilines is 1. The Hall–Kier alpha value is -2.92. The zero-order valence-corrected chi connectivity index (χ0v) is 17.9. The molecule has 7 nitrogen and oxygen atoms in total. The summed E-state index contributed by atoms with van der Waals surface area (Å²) in [6.45, 7) is 1.58. The number of sulfonamides is 1. The maximum Gasteiger partial charge on any atom is 0.417 e. The second kappa shape index (κ2) is 10.1. The zero-order chi connectivity index (χ0) is 23.2. The predicted molar refractivity (Wildman–Crippen MR) is 115 cm³/mol. The highest BCUT2D eigenvalue weighted by molar-refractivity contribution is 7.92. The van der Waals surface area contributed by atoms with Gasteiger partial charge in [-0.3, -0.25) is 4.79 Å². The Bertz CT molecular complexity index is 1030. The fourth-order valence-electron chi connectivity index (χ4n) is 3.16. The van der Waals surface area contributed by atoms with E-state index in [4.69, 9.17) is 0 Å². The molecule has 32 heavy (non-hydrogen) atoms. The second-order valence-electron chi connectivity index (χ2n) is 7.17. The van der Waals surface area contributed by atoms with E-state index in [-0.39, 0.29) is 18.9 Å². The number of aromatic nitrogens is 1. The largest absolute Gasteiger partial charge is 0.417 e. The summed E-state index contributed by atoms with van der Waals surface area (Å²) in [7, 11) is -3.66. The van der Waals surface area contributed by atoms with Crippen LogP contribution in [0.4, 0.5) is 19.0 Å². The minimum atomic E-state index is -4.44. The summed E-state index contributed by atoms with van der Waals surface area (Å²) in [5.74, 6) is 0.225. The number of benzene rings is 1. The van der Waals surface area contributed by atoms with Crippen LogP contribution in [0.15, 0.2) is 54.1 Å². The molecule has 1 N–H and O–H groups in total. The van der Waals surface area contributed by atoms with E-state index in [0.717, 1.165) is 23.2 Å². The number of piperazine rings is 1. The maximum atomic E-state index is 12.7. The van der Waals surface area contributed by atoms with Gasteiger partial charge in [0.2, 0.25) is 15.9 Å². The average Bonchev–Trinajstić information content (AvgIpc) is 2.78. The second-order valence-corrected chi connectivity index (χ2v) is 8.82. The van der Waals surface area contributed by atoms with Crippen LogP contribution in [0.25, 0.3) is 6.08 Å². The number of rotatable bonds is 7. The lowest BCUT2D eigenvalue weighted by Gasteiger charge is -2.35. The summed E-state index contributed by atoms with van der Waals surface area (Å²) in [6.07, 6.45) is -2.16. The predicted octanol–water partition coefficient (Wildman–Crippen LogP) is 2.73. The third-order valence-corrected chi connectivity index (χ3v) is 6.01. The standard InChI is InChI=1S/C21H23F3N4O3S/c22-21(23,24)18-6-7-19(25-16-18)27-11-13-28(14-12-27)20(29)8-10-26-32(30,31)15-9-17-4-2-1-3-5-17/h1-7,9,15-16,26H,8,10-14H2/b15-9+. The summed E-state index contributed by atoms with van der Waals surface area (Å²) in [5, 5.41) is 1.06. The summed E-state index contributed by atoms with van der Waals surface area (Å²) < 4.78 is 64.4. The van der Waals surface area contributed by atoms with Crippen molar-refractivity contribution < 1.29 is 26.4 Å². The first kappa shape index (κ1) is 23.7. The van der Waals surface area contributed by atoms with Gasteiger partial charge in [-0.15, -0.1) is 0 Å². The van der Waals surface area contributed by atoms with Crippen LogP contribution in [0, 0.1) is 0 Å². The monoisotopic (exact) mass is 468 g/mol. The van der Waals surface area contributed by atoms with Crippen molar-refractivity contribution in [2.45, 2.75) is 12.6 Å². The maximum absolute atomic E-state index is 12.7. The van der Waals surface area contributed by atoms with E-state index in [0.29, 0.717) is 32.0 Å². The van der Waals surface area contributed by atoms with Gasteiger partial charge in [-0.1, -0.05) is 30.3 Å². The lowest BCUT2D eigenvalue weighted by molar-refractivity contribution is -0.137. The number of carbonyl (C=O) groups is 1. The molecule has 0 spiro atoms. The van der Waals surface area contributed by atoms with Crippen molar-refractivity contribution >= 4 is 27.8 Å². The van der Waals surface area contributed by atoms with Gasteiger partial charge in [0, 0.05) is 50.7 Å². The molecule has 2 heterocycles. The first-order valence-corrected chi connectivity index (χ1v) is 11.5. The zero-order valence-electron chi connectivity index (χ0n) is 17.1. The van der Waals surface area contributed by atoms with Crippen LogP contribution >= 0.6 is 0 Å². The number of hydrogen-bond acceptors (Lipinski definition) is 5. The first-order valence-electron chi connectivity index (χ1n) is 9.93. The van der Waals surface area contributed by atoms with E-state index in [1.54, 1.807) is 34.1 Å². The molecule has 1 aromatic carbocycles. The van der Waals surface area contributed by atoms with Crippen molar-refractivity contribution in [3.05, 3.63) is 65.2 Å². The number of pyridine rings is 1. The van der Waals surface area contributed by atoms with Crippen molar-refractivity contribution in [2.24, 2.45) is 0 Å². The van der Waals surface area contributed by atoms with Crippen LogP contribution < -0.4 is 9.62 Å². The van der Waals surface area contributed by atoms with Gasteiger partial charge in [0.15, 0.2) is 0 Å². The number of amides is 1. The van der Waals surface area contributed by atoms with E-state index in [1.165, 1.54) is 12.1 Å². The molecule has 0 aliphatic carbocycles. The molecular formula is C21H23F3N4O3S. The molecule has 1 aliphatic rings. The average molecular weight is 469 g/mol. The molecule has 0 bridgehead atoms. The van der Waals surface area contributed by atoms with Crippen LogP contribution in [0.1, 0.15) is 17.5 Å². The lowest BCUT2D eigenvalue weighted by Crippen LogP contribution is -2.49. The van der Waals surface area contributed by atoms with Gasteiger partial charge < -0.3 is 9.80 Å².